The predicted molar refractivity (Wildman–Crippen MR) is 125 cm³/mol. The Morgan fingerprint density at radius 2 is 1.52 bits per heavy atom. The summed E-state index contributed by atoms with van der Waals surface area (Å²) in [4.78, 5) is 2.51. The van der Waals surface area contributed by atoms with Crippen LogP contribution in [-0.4, -0.2) is 39.4 Å². The van der Waals surface area contributed by atoms with Crippen molar-refractivity contribution in [3.05, 3.63) is 94.1 Å². The SMILES string of the molecule is CC1=C[C@]2(C)OC(C)=C(S(=O)(=O)c3ccccc3)[C@@H]2N2/C(=C/S(=O)(=O)c3ccccc3)C[C@@H]12. The smallest absolute Gasteiger partial charge is 0.208 e. The van der Waals surface area contributed by atoms with Crippen molar-refractivity contribution >= 4 is 19.7 Å². The van der Waals surface area contributed by atoms with Crippen LogP contribution in [0.25, 0.3) is 0 Å². The number of rotatable bonds is 4. The molecule has 0 spiro atoms. The quantitative estimate of drug-likeness (QED) is 0.607. The van der Waals surface area contributed by atoms with E-state index >= 15 is 0 Å². The summed E-state index contributed by atoms with van der Waals surface area (Å²) in [5.74, 6) is 0.341. The van der Waals surface area contributed by atoms with Crippen molar-refractivity contribution in [1.82, 2.24) is 4.90 Å². The molecular weight excluding hydrogens is 458 g/mol. The fraction of sp³-hybridized carbons (Fsp3) is 0.280. The van der Waals surface area contributed by atoms with E-state index in [9.17, 15) is 16.8 Å². The molecule has 0 aliphatic carbocycles. The molecule has 0 N–H and O–H groups in total. The van der Waals surface area contributed by atoms with Gasteiger partial charge in [0, 0.05) is 12.1 Å². The van der Waals surface area contributed by atoms with Gasteiger partial charge in [0.2, 0.25) is 19.7 Å². The van der Waals surface area contributed by atoms with Gasteiger partial charge in [0.15, 0.2) is 0 Å². The summed E-state index contributed by atoms with van der Waals surface area (Å²) in [6.45, 7) is 5.50. The molecule has 0 radical (unpaired) electrons. The maximum Gasteiger partial charge on any atom is 0.208 e. The molecule has 6 nitrogen and oxygen atoms in total. The number of benzene rings is 2. The predicted octanol–water partition coefficient (Wildman–Crippen LogP) is 4.20. The highest BCUT2D eigenvalue weighted by atomic mass is 32.2. The standard InChI is InChI=1S/C25H25NO5S2/c1-17-15-25(3)24(23(18(2)31-25)33(29,30)21-12-8-5-9-13-21)26-19(14-22(17)26)16-32(27,28)20-10-6-4-7-11-20/h4-13,15-16,22,24H,14H2,1-3H3/b19-16+/t22-,24-,25-/m0/s1. The number of hydrogen-bond acceptors (Lipinski definition) is 6. The van der Waals surface area contributed by atoms with Crippen molar-refractivity contribution < 1.29 is 21.6 Å². The Morgan fingerprint density at radius 3 is 2.12 bits per heavy atom. The van der Waals surface area contributed by atoms with E-state index in [0.29, 0.717) is 17.9 Å². The fourth-order valence-corrected chi connectivity index (χ4v) is 8.27. The first-order valence-corrected chi connectivity index (χ1v) is 13.8. The van der Waals surface area contributed by atoms with Crippen LogP contribution in [0.3, 0.4) is 0 Å². The van der Waals surface area contributed by atoms with E-state index in [-0.39, 0.29) is 20.7 Å². The van der Waals surface area contributed by atoms with Crippen molar-refractivity contribution in [3.8, 4) is 0 Å². The summed E-state index contributed by atoms with van der Waals surface area (Å²) in [6, 6.07) is 15.8. The van der Waals surface area contributed by atoms with Gasteiger partial charge in [0.25, 0.3) is 0 Å². The van der Waals surface area contributed by atoms with Crippen molar-refractivity contribution in [2.75, 3.05) is 0 Å². The van der Waals surface area contributed by atoms with E-state index in [4.69, 9.17) is 4.74 Å². The zero-order chi connectivity index (χ0) is 23.6. The second-order valence-corrected chi connectivity index (χ2v) is 12.6. The molecule has 3 aliphatic rings. The lowest BCUT2D eigenvalue weighted by Gasteiger charge is -2.55. The highest BCUT2D eigenvalue weighted by Crippen LogP contribution is 2.53. The maximum absolute atomic E-state index is 13.7. The Kier molecular flexibility index (Phi) is 4.88. The van der Waals surface area contributed by atoms with Crippen LogP contribution in [0.1, 0.15) is 27.2 Å². The molecule has 2 aromatic carbocycles. The van der Waals surface area contributed by atoms with Crippen molar-refractivity contribution in [3.63, 3.8) is 0 Å². The first-order valence-electron chi connectivity index (χ1n) is 10.7. The molecule has 2 aromatic rings. The van der Waals surface area contributed by atoms with Crippen LogP contribution in [0.15, 0.2) is 104 Å². The molecule has 0 amide bonds. The van der Waals surface area contributed by atoms with Gasteiger partial charge in [-0.15, -0.1) is 0 Å². The summed E-state index contributed by atoms with van der Waals surface area (Å²) in [6.07, 6.45) is 2.51. The summed E-state index contributed by atoms with van der Waals surface area (Å²) in [5.41, 5.74) is 0.707. The van der Waals surface area contributed by atoms with Crippen LogP contribution >= 0.6 is 0 Å². The zero-order valence-corrected chi connectivity index (χ0v) is 20.2. The molecular formula is C25H25NO5S2. The first-order chi connectivity index (χ1) is 15.5. The fourth-order valence-electron chi connectivity index (χ4n) is 5.19. The van der Waals surface area contributed by atoms with Gasteiger partial charge in [-0.05, 0) is 51.1 Å². The Morgan fingerprint density at radius 1 is 0.939 bits per heavy atom. The summed E-state index contributed by atoms with van der Waals surface area (Å²) >= 11 is 0. The molecule has 1 saturated heterocycles. The maximum atomic E-state index is 13.7. The van der Waals surface area contributed by atoms with E-state index in [1.54, 1.807) is 67.6 Å². The molecule has 3 heterocycles. The summed E-state index contributed by atoms with van der Waals surface area (Å²) < 4.78 is 59.6. The van der Waals surface area contributed by atoms with Crippen LogP contribution in [0.2, 0.25) is 0 Å². The molecule has 33 heavy (non-hydrogen) atoms. The Hall–Kier alpha value is -2.84. The van der Waals surface area contributed by atoms with Crippen LogP contribution in [0.4, 0.5) is 0 Å². The second kappa shape index (κ2) is 7.33. The van der Waals surface area contributed by atoms with Crippen molar-refractivity contribution in [2.45, 2.75) is 54.7 Å². The van der Waals surface area contributed by atoms with E-state index in [1.807, 2.05) is 24.8 Å². The molecule has 1 fully saturated rings. The van der Waals surface area contributed by atoms with Crippen LogP contribution in [0, 0.1) is 0 Å². The lowest BCUT2D eigenvalue weighted by Crippen LogP contribution is -2.62. The van der Waals surface area contributed by atoms with E-state index in [0.717, 1.165) is 5.57 Å². The van der Waals surface area contributed by atoms with E-state index < -0.39 is 31.3 Å². The Bertz CT molecular complexity index is 1420. The monoisotopic (exact) mass is 483 g/mol. The zero-order valence-electron chi connectivity index (χ0n) is 18.6. The lowest BCUT2D eigenvalue weighted by molar-refractivity contribution is -0.00879. The van der Waals surface area contributed by atoms with Crippen molar-refractivity contribution in [2.24, 2.45) is 0 Å². The van der Waals surface area contributed by atoms with Gasteiger partial charge in [-0.2, -0.15) is 0 Å². The molecule has 0 unspecified atom stereocenters. The largest absolute Gasteiger partial charge is 0.484 e. The van der Waals surface area contributed by atoms with Gasteiger partial charge in [0.1, 0.15) is 22.3 Å². The number of nitrogens with zero attached hydrogens (tertiary/aromatic N) is 1. The van der Waals surface area contributed by atoms with Gasteiger partial charge in [-0.3, -0.25) is 0 Å². The van der Waals surface area contributed by atoms with E-state index in [1.165, 1.54) is 5.41 Å². The van der Waals surface area contributed by atoms with Gasteiger partial charge < -0.3 is 9.64 Å². The third-order valence-corrected chi connectivity index (χ3v) is 10.1. The number of allylic oxidation sites excluding steroid dienone is 1. The lowest BCUT2D eigenvalue weighted by atomic mass is 9.78. The topological polar surface area (TPSA) is 80.8 Å². The highest BCUT2D eigenvalue weighted by molar-refractivity contribution is 7.95. The third-order valence-electron chi connectivity index (χ3n) is 6.61. The third kappa shape index (κ3) is 3.35. The molecule has 172 valence electrons. The van der Waals surface area contributed by atoms with Gasteiger partial charge in [-0.1, -0.05) is 42.0 Å². The van der Waals surface area contributed by atoms with Crippen LogP contribution in [0.5, 0.6) is 0 Å². The molecule has 0 bridgehead atoms. The Balaban J connectivity index is 1.63. The average molecular weight is 484 g/mol. The number of ether oxygens (including phenoxy) is 1. The highest BCUT2D eigenvalue weighted by Gasteiger charge is 2.59. The minimum Gasteiger partial charge on any atom is -0.484 e. The molecule has 0 saturated carbocycles. The molecule has 5 rings (SSSR count). The van der Waals surface area contributed by atoms with Gasteiger partial charge >= 0.3 is 0 Å². The normalized spacial score (nSPS) is 28.0. The molecule has 0 aromatic heterocycles. The van der Waals surface area contributed by atoms with Crippen LogP contribution < -0.4 is 0 Å². The number of hydrogen-bond donors (Lipinski definition) is 0. The van der Waals surface area contributed by atoms with Crippen molar-refractivity contribution in [1.29, 1.82) is 0 Å². The first kappa shape index (κ1) is 22.0. The minimum atomic E-state index is -3.85. The average Bonchev–Trinajstić information content (AvgIpc) is 3.02. The Labute approximate surface area is 194 Å². The number of fused-ring (bicyclic) bond motifs is 3. The van der Waals surface area contributed by atoms with Crippen LogP contribution in [-0.2, 0) is 24.4 Å². The molecule has 3 atom stereocenters. The van der Waals surface area contributed by atoms with E-state index in [2.05, 4.69) is 0 Å². The summed E-state index contributed by atoms with van der Waals surface area (Å²) in [7, 11) is -7.53. The van der Waals surface area contributed by atoms with Gasteiger partial charge in [0.05, 0.1) is 21.2 Å². The second-order valence-electron chi connectivity index (χ2n) is 8.91. The summed E-state index contributed by atoms with van der Waals surface area (Å²) in [5, 5.41) is 1.28. The molecule has 3 aliphatic heterocycles. The molecule has 8 heteroatoms. The van der Waals surface area contributed by atoms with Gasteiger partial charge in [-0.25, -0.2) is 16.8 Å². The number of sulfone groups is 2. The minimum absolute atomic E-state index is 0.0734.